The summed E-state index contributed by atoms with van der Waals surface area (Å²) in [6.45, 7) is 5.02. The van der Waals surface area contributed by atoms with E-state index in [0.29, 0.717) is 24.4 Å². The fraction of sp³-hybridized carbons (Fsp3) is 0.263. The van der Waals surface area contributed by atoms with Gasteiger partial charge in [0.25, 0.3) is 5.91 Å². The van der Waals surface area contributed by atoms with Gasteiger partial charge in [-0.15, -0.1) is 0 Å². The van der Waals surface area contributed by atoms with Crippen molar-refractivity contribution >= 4 is 5.91 Å². The molecule has 0 radical (unpaired) electrons. The molecule has 0 aliphatic rings. The van der Waals surface area contributed by atoms with Gasteiger partial charge in [0, 0.05) is 17.8 Å². The van der Waals surface area contributed by atoms with Gasteiger partial charge in [0.15, 0.2) is 0 Å². The number of hydrogen-bond donors (Lipinski definition) is 1. The third kappa shape index (κ3) is 3.57. The molecule has 25 heavy (non-hydrogen) atoms. The van der Waals surface area contributed by atoms with Crippen LogP contribution >= 0.6 is 0 Å². The van der Waals surface area contributed by atoms with Crippen LogP contribution in [0.3, 0.4) is 0 Å². The highest BCUT2D eigenvalue weighted by Crippen LogP contribution is 2.27. The maximum atomic E-state index is 12.2. The molecule has 0 unspecified atom stereocenters. The number of benzene rings is 1. The van der Waals surface area contributed by atoms with Gasteiger partial charge in [-0.1, -0.05) is 6.07 Å². The monoisotopic (exact) mass is 339 g/mol. The summed E-state index contributed by atoms with van der Waals surface area (Å²) in [5.41, 5.74) is 3.50. The summed E-state index contributed by atoms with van der Waals surface area (Å²) in [5.74, 6) is 1.34. The highest BCUT2D eigenvalue weighted by Gasteiger charge is 2.15. The summed E-state index contributed by atoms with van der Waals surface area (Å²) in [6, 6.07) is 10.9. The Morgan fingerprint density at radius 2 is 2.12 bits per heavy atom. The molecule has 1 amide bonds. The van der Waals surface area contributed by atoms with Gasteiger partial charge in [0.1, 0.15) is 11.5 Å². The van der Waals surface area contributed by atoms with E-state index in [1.165, 1.54) is 0 Å². The van der Waals surface area contributed by atoms with Crippen LogP contribution in [0.1, 0.15) is 21.7 Å². The van der Waals surface area contributed by atoms with Crippen molar-refractivity contribution < 1.29 is 13.9 Å². The van der Waals surface area contributed by atoms with E-state index < -0.39 is 0 Å². The van der Waals surface area contributed by atoms with Gasteiger partial charge in [-0.3, -0.25) is 9.48 Å². The molecule has 3 aromatic rings. The van der Waals surface area contributed by atoms with Crippen molar-refractivity contribution in [3.63, 3.8) is 0 Å². The third-order valence-corrected chi connectivity index (χ3v) is 4.09. The molecule has 0 aliphatic carbocycles. The predicted octanol–water partition coefficient (Wildman–Crippen LogP) is 3.20. The Balaban J connectivity index is 1.64. The molecular formula is C19H21N3O3. The number of amides is 1. The number of aromatic nitrogens is 2. The normalized spacial score (nSPS) is 10.7. The Kier molecular flexibility index (Phi) is 4.88. The van der Waals surface area contributed by atoms with Crippen LogP contribution in [0.2, 0.25) is 0 Å². The van der Waals surface area contributed by atoms with Gasteiger partial charge in [-0.2, -0.15) is 5.10 Å². The van der Waals surface area contributed by atoms with Crippen LogP contribution < -0.4 is 10.1 Å². The summed E-state index contributed by atoms with van der Waals surface area (Å²) in [7, 11) is 1.58. The second-order valence-corrected chi connectivity index (χ2v) is 5.73. The Labute approximate surface area is 146 Å². The molecule has 6 nitrogen and oxygen atoms in total. The number of nitrogens with zero attached hydrogens (tertiary/aromatic N) is 2. The average molecular weight is 339 g/mol. The molecule has 2 heterocycles. The zero-order chi connectivity index (χ0) is 17.8. The first-order valence-corrected chi connectivity index (χ1v) is 8.10. The highest BCUT2D eigenvalue weighted by atomic mass is 16.5. The number of aryl methyl sites for hydroxylation is 1. The quantitative estimate of drug-likeness (QED) is 0.749. The van der Waals surface area contributed by atoms with Crippen molar-refractivity contribution in [2.24, 2.45) is 0 Å². The average Bonchev–Trinajstić information content (AvgIpc) is 3.23. The van der Waals surface area contributed by atoms with Gasteiger partial charge in [-0.25, -0.2) is 0 Å². The van der Waals surface area contributed by atoms with E-state index in [2.05, 4.69) is 10.4 Å². The number of nitrogens with one attached hydrogen (secondary N) is 1. The predicted molar refractivity (Wildman–Crippen MR) is 94.7 cm³/mol. The third-order valence-electron chi connectivity index (χ3n) is 4.09. The largest absolute Gasteiger partial charge is 0.497 e. The van der Waals surface area contributed by atoms with Gasteiger partial charge < -0.3 is 14.5 Å². The van der Waals surface area contributed by atoms with Crippen LogP contribution in [0.5, 0.6) is 5.75 Å². The van der Waals surface area contributed by atoms with E-state index in [4.69, 9.17) is 9.15 Å². The Morgan fingerprint density at radius 3 is 2.84 bits per heavy atom. The molecule has 130 valence electrons. The van der Waals surface area contributed by atoms with Crippen LogP contribution in [0.15, 0.2) is 47.1 Å². The van der Waals surface area contributed by atoms with E-state index in [9.17, 15) is 4.79 Å². The topological polar surface area (TPSA) is 69.3 Å². The van der Waals surface area contributed by atoms with E-state index in [1.807, 2.05) is 36.7 Å². The molecule has 0 aliphatic heterocycles. The van der Waals surface area contributed by atoms with E-state index in [0.717, 1.165) is 22.7 Å². The zero-order valence-corrected chi connectivity index (χ0v) is 14.6. The smallest absolute Gasteiger partial charge is 0.251 e. The van der Waals surface area contributed by atoms with Crippen LogP contribution in [-0.2, 0) is 6.54 Å². The Morgan fingerprint density at radius 1 is 1.28 bits per heavy atom. The van der Waals surface area contributed by atoms with Crippen LogP contribution in [0.4, 0.5) is 0 Å². The lowest BCUT2D eigenvalue weighted by Gasteiger charge is -2.08. The highest BCUT2D eigenvalue weighted by molar-refractivity contribution is 5.94. The number of carbonyl (C=O) groups is 1. The lowest BCUT2D eigenvalue weighted by molar-refractivity contribution is 0.0951. The number of ether oxygens (including phenoxy) is 1. The summed E-state index contributed by atoms with van der Waals surface area (Å²) in [6.07, 6.45) is 1.65. The number of methoxy groups -OCH3 is 1. The van der Waals surface area contributed by atoms with Crippen LogP contribution in [0, 0.1) is 13.8 Å². The number of hydrogen-bond acceptors (Lipinski definition) is 4. The molecule has 0 spiro atoms. The molecule has 6 heteroatoms. The Hall–Kier alpha value is -3.02. The zero-order valence-electron chi connectivity index (χ0n) is 14.6. The molecule has 0 atom stereocenters. The summed E-state index contributed by atoms with van der Waals surface area (Å²) in [4.78, 5) is 12.2. The molecular weight excluding hydrogens is 318 g/mol. The molecule has 0 fully saturated rings. The molecule has 1 N–H and O–H groups in total. The minimum absolute atomic E-state index is 0.133. The molecule has 0 saturated heterocycles. The number of carbonyl (C=O) groups excluding carboxylic acids is 1. The fourth-order valence-corrected chi connectivity index (χ4v) is 2.83. The van der Waals surface area contributed by atoms with Crippen molar-refractivity contribution in [3.8, 4) is 17.1 Å². The number of rotatable bonds is 6. The Bertz CT molecular complexity index is 866. The van der Waals surface area contributed by atoms with Crippen molar-refractivity contribution in [1.82, 2.24) is 15.1 Å². The van der Waals surface area contributed by atoms with Gasteiger partial charge in [0.2, 0.25) is 0 Å². The minimum atomic E-state index is -0.133. The van der Waals surface area contributed by atoms with E-state index >= 15 is 0 Å². The first kappa shape index (κ1) is 16.8. The maximum absolute atomic E-state index is 12.2. The summed E-state index contributed by atoms with van der Waals surface area (Å²) >= 11 is 0. The van der Waals surface area contributed by atoms with Crippen LogP contribution in [0.25, 0.3) is 11.3 Å². The van der Waals surface area contributed by atoms with Crippen molar-refractivity contribution in [2.75, 3.05) is 13.7 Å². The molecule has 0 bridgehead atoms. The van der Waals surface area contributed by atoms with Crippen molar-refractivity contribution in [2.45, 2.75) is 20.4 Å². The second-order valence-electron chi connectivity index (χ2n) is 5.73. The SMILES string of the molecule is COc1cccc(C(=O)NCCn2nc(C)c(-c3ccco3)c2C)c1. The fourth-order valence-electron chi connectivity index (χ4n) is 2.83. The standard InChI is InChI=1S/C19H21N3O3/c1-13-18(17-8-5-11-25-17)14(2)22(21-13)10-9-20-19(23)15-6-4-7-16(12-15)24-3/h4-8,11-12H,9-10H2,1-3H3,(H,20,23). The van der Waals surface area contributed by atoms with Crippen molar-refractivity contribution in [1.29, 1.82) is 0 Å². The lowest BCUT2D eigenvalue weighted by Crippen LogP contribution is -2.27. The lowest BCUT2D eigenvalue weighted by atomic mass is 10.1. The molecule has 1 aromatic carbocycles. The molecule has 0 saturated carbocycles. The first-order valence-electron chi connectivity index (χ1n) is 8.10. The minimum Gasteiger partial charge on any atom is -0.497 e. The molecule has 3 rings (SSSR count). The summed E-state index contributed by atoms with van der Waals surface area (Å²) in [5, 5.41) is 7.46. The summed E-state index contributed by atoms with van der Waals surface area (Å²) < 4.78 is 12.5. The second kappa shape index (κ2) is 7.25. The van der Waals surface area contributed by atoms with Gasteiger partial charge in [-0.05, 0) is 44.2 Å². The number of furan rings is 1. The van der Waals surface area contributed by atoms with Gasteiger partial charge >= 0.3 is 0 Å². The van der Waals surface area contributed by atoms with Crippen LogP contribution in [-0.4, -0.2) is 29.3 Å². The van der Waals surface area contributed by atoms with Crippen molar-refractivity contribution in [3.05, 3.63) is 59.6 Å². The van der Waals surface area contributed by atoms with E-state index in [1.54, 1.807) is 31.6 Å². The maximum Gasteiger partial charge on any atom is 0.251 e. The van der Waals surface area contributed by atoms with E-state index in [-0.39, 0.29) is 5.91 Å². The molecule has 2 aromatic heterocycles. The van der Waals surface area contributed by atoms with Gasteiger partial charge in [0.05, 0.1) is 31.2 Å². The first-order chi connectivity index (χ1) is 12.1.